The van der Waals surface area contributed by atoms with E-state index in [4.69, 9.17) is 0 Å². The molecule has 6 nitrogen and oxygen atoms in total. The number of nitrogens with zero attached hydrogens (tertiary/aromatic N) is 2. The Morgan fingerprint density at radius 2 is 2.03 bits per heavy atom. The number of hydrogen-bond donors (Lipinski definition) is 2. The fourth-order valence-corrected chi connectivity index (χ4v) is 4.26. The van der Waals surface area contributed by atoms with Crippen molar-refractivity contribution < 1.29 is 14.0 Å². The highest BCUT2D eigenvalue weighted by atomic mass is 32.1. The quantitative estimate of drug-likeness (QED) is 0.725. The largest absolute Gasteiger partial charge is 0.355 e. The Bertz CT molecular complexity index is 833. The zero-order valence-corrected chi connectivity index (χ0v) is 17.7. The lowest BCUT2D eigenvalue weighted by molar-refractivity contribution is -0.127. The molecule has 3 rings (SSSR count). The molecule has 8 heteroatoms. The molecule has 1 atom stereocenters. The van der Waals surface area contributed by atoms with E-state index in [-0.39, 0.29) is 30.1 Å². The van der Waals surface area contributed by atoms with Gasteiger partial charge in [0.1, 0.15) is 5.82 Å². The van der Waals surface area contributed by atoms with Crippen molar-refractivity contribution in [2.24, 2.45) is 5.92 Å². The Labute approximate surface area is 174 Å². The molecule has 1 saturated heterocycles. The molecule has 0 saturated carbocycles. The van der Waals surface area contributed by atoms with E-state index in [1.54, 1.807) is 12.1 Å². The Hall–Kier alpha value is -2.32. The Kier molecular flexibility index (Phi) is 7.33. The minimum atomic E-state index is -0.260. The van der Waals surface area contributed by atoms with Crippen LogP contribution >= 0.6 is 11.3 Å². The van der Waals surface area contributed by atoms with Gasteiger partial charge >= 0.3 is 0 Å². The molecular weight excluding hydrogens is 391 g/mol. The van der Waals surface area contributed by atoms with Crippen LogP contribution in [0, 0.1) is 25.6 Å². The van der Waals surface area contributed by atoms with Crippen LogP contribution in [0.1, 0.15) is 29.0 Å². The summed E-state index contributed by atoms with van der Waals surface area (Å²) in [7, 11) is 0. The molecule has 2 heterocycles. The second-order valence-electron chi connectivity index (χ2n) is 7.45. The third-order valence-corrected chi connectivity index (χ3v) is 6.13. The van der Waals surface area contributed by atoms with Crippen LogP contribution in [0.5, 0.6) is 0 Å². The summed E-state index contributed by atoms with van der Waals surface area (Å²) in [6, 6.07) is 6.31. The summed E-state index contributed by atoms with van der Waals surface area (Å²) in [5, 5.41) is 6.44. The summed E-state index contributed by atoms with van der Waals surface area (Å²) in [6.07, 6.45) is 2.38. The van der Waals surface area contributed by atoms with Crippen molar-refractivity contribution >= 4 is 28.3 Å². The first-order valence-corrected chi connectivity index (χ1v) is 10.7. The highest BCUT2D eigenvalue weighted by molar-refractivity contribution is 7.15. The van der Waals surface area contributed by atoms with E-state index < -0.39 is 0 Å². The number of carbonyl (C=O) groups excluding carboxylic acids is 2. The van der Waals surface area contributed by atoms with Crippen molar-refractivity contribution in [3.8, 4) is 0 Å². The normalized spacial score (nSPS) is 17.1. The first-order chi connectivity index (χ1) is 13.9. The first kappa shape index (κ1) is 21.4. The van der Waals surface area contributed by atoms with Crippen LogP contribution in [-0.4, -0.2) is 47.9 Å². The van der Waals surface area contributed by atoms with Gasteiger partial charge in [-0.2, -0.15) is 0 Å². The van der Waals surface area contributed by atoms with Crippen LogP contribution in [0.4, 0.5) is 9.52 Å². The van der Waals surface area contributed by atoms with Crippen molar-refractivity contribution in [3.63, 3.8) is 0 Å². The second kappa shape index (κ2) is 9.93. The summed E-state index contributed by atoms with van der Waals surface area (Å²) in [4.78, 5) is 32.3. The highest BCUT2D eigenvalue weighted by Crippen LogP contribution is 2.21. The molecule has 29 heavy (non-hydrogen) atoms. The van der Waals surface area contributed by atoms with Crippen LogP contribution in [-0.2, 0) is 16.0 Å². The topological polar surface area (TPSA) is 74.3 Å². The van der Waals surface area contributed by atoms with Gasteiger partial charge in [-0.1, -0.05) is 12.1 Å². The monoisotopic (exact) mass is 418 g/mol. The standard InChI is InChI=1S/C21H27FN4O2S/c1-14-15(2)29-21(24-14)25-19(27)13-26-11-3-4-17(12-26)20(28)23-10-9-16-5-7-18(22)8-6-16/h5-8,17H,3-4,9-13H2,1-2H3,(H,23,28)(H,24,25,27). The van der Waals surface area contributed by atoms with Crippen LogP contribution in [0.25, 0.3) is 0 Å². The number of aryl methyl sites for hydroxylation is 2. The Balaban J connectivity index is 1.42. The maximum Gasteiger partial charge on any atom is 0.240 e. The minimum absolute atomic E-state index is 0.0170. The minimum Gasteiger partial charge on any atom is -0.355 e. The van der Waals surface area contributed by atoms with E-state index in [0.29, 0.717) is 24.6 Å². The third-order valence-electron chi connectivity index (χ3n) is 5.14. The van der Waals surface area contributed by atoms with Gasteiger partial charge in [-0.15, -0.1) is 11.3 Å². The number of carbonyl (C=O) groups is 2. The molecule has 156 valence electrons. The lowest BCUT2D eigenvalue weighted by Gasteiger charge is -2.31. The fourth-order valence-electron chi connectivity index (χ4n) is 3.43. The zero-order valence-electron chi connectivity index (χ0n) is 16.8. The van der Waals surface area contributed by atoms with Crippen molar-refractivity contribution in [3.05, 3.63) is 46.2 Å². The number of piperidine rings is 1. The number of nitrogens with one attached hydrogen (secondary N) is 2. The molecule has 2 aromatic rings. The van der Waals surface area contributed by atoms with Gasteiger partial charge in [0, 0.05) is 18.0 Å². The molecule has 2 amide bonds. The van der Waals surface area contributed by atoms with Gasteiger partial charge < -0.3 is 10.6 Å². The van der Waals surface area contributed by atoms with Gasteiger partial charge in [0.15, 0.2) is 5.13 Å². The molecule has 1 aromatic heterocycles. The maximum absolute atomic E-state index is 12.9. The van der Waals surface area contributed by atoms with E-state index in [0.717, 1.165) is 35.5 Å². The lowest BCUT2D eigenvalue weighted by Crippen LogP contribution is -2.45. The van der Waals surface area contributed by atoms with Gasteiger partial charge in [-0.3, -0.25) is 14.5 Å². The number of amides is 2. The van der Waals surface area contributed by atoms with E-state index >= 15 is 0 Å². The number of aromatic nitrogens is 1. The van der Waals surface area contributed by atoms with Crippen molar-refractivity contribution in [2.75, 3.05) is 31.5 Å². The predicted molar refractivity (Wildman–Crippen MR) is 112 cm³/mol. The number of anilines is 1. The van der Waals surface area contributed by atoms with Gasteiger partial charge in [0.25, 0.3) is 0 Å². The van der Waals surface area contributed by atoms with Gasteiger partial charge in [0.2, 0.25) is 11.8 Å². The number of halogens is 1. The average molecular weight is 419 g/mol. The van der Waals surface area contributed by atoms with Crippen molar-refractivity contribution in [1.29, 1.82) is 0 Å². The molecule has 1 aliphatic heterocycles. The number of likely N-dealkylation sites (tertiary alicyclic amines) is 1. The molecule has 2 N–H and O–H groups in total. The number of rotatable bonds is 7. The molecule has 1 unspecified atom stereocenters. The molecule has 1 fully saturated rings. The SMILES string of the molecule is Cc1nc(NC(=O)CN2CCCC(C(=O)NCCc3ccc(F)cc3)C2)sc1C. The van der Waals surface area contributed by atoms with Crippen LogP contribution in [0.2, 0.25) is 0 Å². The van der Waals surface area contributed by atoms with E-state index in [1.165, 1.54) is 23.5 Å². The summed E-state index contributed by atoms with van der Waals surface area (Å²) in [6.45, 7) is 6.06. The smallest absolute Gasteiger partial charge is 0.240 e. The summed E-state index contributed by atoms with van der Waals surface area (Å²) in [5.74, 6) is -0.460. The molecule has 1 aliphatic rings. The number of hydrogen-bond acceptors (Lipinski definition) is 5. The number of thiazole rings is 1. The van der Waals surface area contributed by atoms with Gasteiger partial charge in [0.05, 0.1) is 18.2 Å². The van der Waals surface area contributed by atoms with E-state index in [9.17, 15) is 14.0 Å². The van der Waals surface area contributed by atoms with Crippen LogP contribution in [0.15, 0.2) is 24.3 Å². The van der Waals surface area contributed by atoms with E-state index in [1.807, 2.05) is 18.7 Å². The van der Waals surface area contributed by atoms with Gasteiger partial charge in [-0.25, -0.2) is 9.37 Å². The maximum atomic E-state index is 12.9. The summed E-state index contributed by atoms with van der Waals surface area (Å²) < 4.78 is 12.9. The second-order valence-corrected chi connectivity index (χ2v) is 8.65. The van der Waals surface area contributed by atoms with E-state index in [2.05, 4.69) is 15.6 Å². The molecule has 0 aliphatic carbocycles. The number of benzene rings is 1. The Morgan fingerprint density at radius 1 is 1.28 bits per heavy atom. The third kappa shape index (κ3) is 6.33. The fraction of sp³-hybridized carbons (Fsp3) is 0.476. The Morgan fingerprint density at radius 3 is 2.72 bits per heavy atom. The van der Waals surface area contributed by atoms with Crippen molar-refractivity contribution in [2.45, 2.75) is 33.1 Å². The average Bonchev–Trinajstić information content (AvgIpc) is 3.00. The first-order valence-electron chi connectivity index (χ1n) is 9.89. The lowest BCUT2D eigenvalue weighted by atomic mass is 9.97. The van der Waals surface area contributed by atoms with Crippen LogP contribution in [0.3, 0.4) is 0 Å². The molecule has 0 bridgehead atoms. The molecular formula is C21H27FN4O2S. The van der Waals surface area contributed by atoms with Gasteiger partial charge in [-0.05, 0) is 57.4 Å². The van der Waals surface area contributed by atoms with Crippen molar-refractivity contribution in [1.82, 2.24) is 15.2 Å². The zero-order chi connectivity index (χ0) is 20.8. The summed E-state index contributed by atoms with van der Waals surface area (Å²) >= 11 is 1.47. The highest BCUT2D eigenvalue weighted by Gasteiger charge is 2.26. The van der Waals surface area contributed by atoms with Crippen LogP contribution < -0.4 is 10.6 Å². The molecule has 0 spiro atoms. The summed E-state index contributed by atoms with van der Waals surface area (Å²) in [5.41, 5.74) is 1.92. The predicted octanol–water partition coefficient (Wildman–Crippen LogP) is 2.91. The molecule has 1 aromatic carbocycles. The molecule has 0 radical (unpaired) electrons.